The Hall–Kier alpha value is -2.47. The fraction of sp³-hybridized carbons (Fsp3) is 0.167. The van der Waals surface area contributed by atoms with Gasteiger partial charge in [-0.25, -0.2) is 0 Å². The van der Waals surface area contributed by atoms with Crippen LogP contribution in [0, 0.1) is 0 Å². The number of anilines is 1. The summed E-state index contributed by atoms with van der Waals surface area (Å²) in [6.45, 7) is 1.23. The molecule has 0 atom stereocenters. The van der Waals surface area contributed by atoms with E-state index in [1.54, 1.807) is 24.3 Å². The molecule has 0 radical (unpaired) electrons. The van der Waals surface area contributed by atoms with Crippen molar-refractivity contribution in [2.45, 2.75) is 6.42 Å². The Balaban J connectivity index is 1.57. The maximum absolute atomic E-state index is 12.4. The van der Waals surface area contributed by atoms with E-state index >= 15 is 0 Å². The van der Waals surface area contributed by atoms with Crippen molar-refractivity contribution in [2.24, 2.45) is 0 Å². The average Bonchev–Trinajstić information content (AvgIpc) is 2.85. The number of benzene rings is 2. The molecular formula is C18H14BrNO4. The van der Waals surface area contributed by atoms with Crippen molar-refractivity contribution < 1.29 is 18.7 Å². The summed E-state index contributed by atoms with van der Waals surface area (Å²) >= 11 is 3.41. The molecule has 122 valence electrons. The molecule has 1 amide bonds. The Morgan fingerprint density at radius 2 is 1.83 bits per heavy atom. The van der Waals surface area contributed by atoms with E-state index in [1.807, 2.05) is 18.2 Å². The molecule has 1 aliphatic rings. The molecule has 2 heterocycles. The van der Waals surface area contributed by atoms with E-state index in [0.29, 0.717) is 36.0 Å². The number of ether oxygens (including phenoxy) is 2. The predicted molar refractivity (Wildman–Crippen MR) is 93.9 cm³/mol. The Bertz CT molecular complexity index is 919. The SMILES string of the molecule is O=C(Nc1ccc2c(c1)OCCCO2)c1cc2cc(Br)ccc2o1. The molecule has 1 aromatic heterocycles. The van der Waals surface area contributed by atoms with Crippen LogP contribution in [0.5, 0.6) is 11.5 Å². The molecule has 4 rings (SSSR count). The number of carbonyl (C=O) groups excluding carboxylic acids is 1. The zero-order valence-electron chi connectivity index (χ0n) is 12.7. The van der Waals surface area contributed by atoms with Crippen molar-refractivity contribution in [3.63, 3.8) is 0 Å². The Kier molecular flexibility index (Phi) is 3.90. The van der Waals surface area contributed by atoms with Gasteiger partial charge in [-0.3, -0.25) is 4.79 Å². The van der Waals surface area contributed by atoms with Gasteiger partial charge in [0, 0.05) is 28.0 Å². The van der Waals surface area contributed by atoms with Gasteiger partial charge >= 0.3 is 0 Å². The first-order valence-electron chi connectivity index (χ1n) is 7.59. The molecule has 2 aromatic carbocycles. The molecule has 1 N–H and O–H groups in total. The van der Waals surface area contributed by atoms with Crippen LogP contribution in [-0.4, -0.2) is 19.1 Å². The van der Waals surface area contributed by atoms with E-state index in [2.05, 4.69) is 21.2 Å². The summed E-state index contributed by atoms with van der Waals surface area (Å²) in [6.07, 6.45) is 0.838. The van der Waals surface area contributed by atoms with Crippen LogP contribution in [0.4, 0.5) is 5.69 Å². The van der Waals surface area contributed by atoms with Gasteiger partial charge in [-0.15, -0.1) is 0 Å². The molecule has 0 saturated heterocycles. The topological polar surface area (TPSA) is 60.7 Å². The van der Waals surface area contributed by atoms with Crippen LogP contribution in [0.25, 0.3) is 11.0 Å². The van der Waals surface area contributed by atoms with E-state index in [1.165, 1.54) is 0 Å². The summed E-state index contributed by atoms with van der Waals surface area (Å²) in [5.74, 6) is 1.28. The molecule has 5 nitrogen and oxygen atoms in total. The third-order valence-corrected chi connectivity index (χ3v) is 4.20. The third kappa shape index (κ3) is 2.97. The lowest BCUT2D eigenvalue weighted by Gasteiger charge is -2.09. The number of furan rings is 1. The molecule has 1 aliphatic heterocycles. The van der Waals surface area contributed by atoms with Crippen LogP contribution in [0.2, 0.25) is 0 Å². The molecular weight excluding hydrogens is 374 g/mol. The van der Waals surface area contributed by atoms with Gasteiger partial charge < -0.3 is 19.2 Å². The molecule has 3 aromatic rings. The highest BCUT2D eigenvalue weighted by Gasteiger charge is 2.15. The maximum Gasteiger partial charge on any atom is 0.291 e. The van der Waals surface area contributed by atoms with Crippen LogP contribution in [0.15, 0.2) is 51.4 Å². The largest absolute Gasteiger partial charge is 0.490 e. The van der Waals surface area contributed by atoms with Crippen molar-refractivity contribution in [3.05, 3.63) is 52.7 Å². The minimum Gasteiger partial charge on any atom is -0.490 e. The number of rotatable bonds is 2. The zero-order chi connectivity index (χ0) is 16.5. The standard InChI is InChI=1S/C18H14BrNO4/c19-12-2-4-14-11(8-12)9-17(24-14)18(21)20-13-3-5-15-16(10-13)23-7-1-6-22-15/h2-5,8-10H,1,6-7H2,(H,20,21). The lowest BCUT2D eigenvalue weighted by molar-refractivity contribution is 0.0998. The van der Waals surface area contributed by atoms with Gasteiger partial charge in [-0.1, -0.05) is 15.9 Å². The zero-order valence-corrected chi connectivity index (χ0v) is 14.3. The number of hydrogen-bond donors (Lipinski definition) is 1. The van der Waals surface area contributed by atoms with Crippen molar-refractivity contribution in [2.75, 3.05) is 18.5 Å². The van der Waals surface area contributed by atoms with Crippen LogP contribution >= 0.6 is 15.9 Å². The van der Waals surface area contributed by atoms with E-state index in [-0.39, 0.29) is 11.7 Å². The first-order chi connectivity index (χ1) is 11.7. The summed E-state index contributed by atoms with van der Waals surface area (Å²) in [5.41, 5.74) is 1.30. The second-order valence-electron chi connectivity index (χ2n) is 5.46. The highest BCUT2D eigenvalue weighted by Crippen LogP contribution is 2.32. The summed E-state index contributed by atoms with van der Waals surface area (Å²) in [6, 6.07) is 12.7. The summed E-state index contributed by atoms with van der Waals surface area (Å²) in [4.78, 5) is 12.4. The molecule has 0 bridgehead atoms. The lowest BCUT2D eigenvalue weighted by Crippen LogP contribution is -2.10. The van der Waals surface area contributed by atoms with E-state index < -0.39 is 0 Å². The summed E-state index contributed by atoms with van der Waals surface area (Å²) < 4.78 is 17.8. The minimum atomic E-state index is -0.309. The molecule has 0 spiro atoms. The van der Waals surface area contributed by atoms with Gasteiger partial charge in [0.25, 0.3) is 5.91 Å². The number of carbonyl (C=O) groups is 1. The summed E-state index contributed by atoms with van der Waals surface area (Å²) in [5, 5.41) is 3.69. The van der Waals surface area contributed by atoms with Crippen LogP contribution < -0.4 is 14.8 Å². The monoisotopic (exact) mass is 387 g/mol. The van der Waals surface area contributed by atoms with Gasteiger partial charge in [-0.2, -0.15) is 0 Å². The Morgan fingerprint density at radius 3 is 2.71 bits per heavy atom. The maximum atomic E-state index is 12.4. The van der Waals surface area contributed by atoms with Crippen molar-refractivity contribution in [1.29, 1.82) is 0 Å². The number of nitrogens with one attached hydrogen (secondary N) is 1. The molecule has 0 saturated carbocycles. The normalized spacial score (nSPS) is 13.5. The quantitative estimate of drug-likeness (QED) is 0.697. The number of amides is 1. The smallest absolute Gasteiger partial charge is 0.291 e. The van der Waals surface area contributed by atoms with Crippen molar-refractivity contribution in [3.8, 4) is 11.5 Å². The average molecular weight is 388 g/mol. The minimum absolute atomic E-state index is 0.259. The second kappa shape index (κ2) is 6.20. The highest BCUT2D eigenvalue weighted by atomic mass is 79.9. The predicted octanol–water partition coefficient (Wildman–Crippen LogP) is 4.61. The van der Waals surface area contributed by atoms with Crippen molar-refractivity contribution >= 4 is 38.5 Å². The van der Waals surface area contributed by atoms with Gasteiger partial charge in [-0.05, 0) is 36.4 Å². The first kappa shape index (κ1) is 15.1. The molecule has 0 fully saturated rings. The molecule has 6 heteroatoms. The Morgan fingerprint density at radius 1 is 1.00 bits per heavy atom. The summed E-state index contributed by atoms with van der Waals surface area (Å²) in [7, 11) is 0. The lowest BCUT2D eigenvalue weighted by atomic mass is 10.2. The van der Waals surface area contributed by atoms with E-state index in [0.717, 1.165) is 16.3 Å². The van der Waals surface area contributed by atoms with Crippen LogP contribution in [0.3, 0.4) is 0 Å². The fourth-order valence-electron chi connectivity index (χ4n) is 2.56. The van der Waals surface area contributed by atoms with Crippen LogP contribution in [0.1, 0.15) is 17.0 Å². The number of halogens is 1. The highest BCUT2D eigenvalue weighted by molar-refractivity contribution is 9.10. The van der Waals surface area contributed by atoms with Crippen LogP contribution in [-0.2, 0) is 0 Å². The molecule has 0 aliphatic carbocycles. The van der Waals surface area contributed by atoms with Gasteiger partial charge in [0.1, 0.15) is 5.58 Å². The van der Waals surface area contributed by atoms with Gasteiger partial charge in [0.15, 0.2) is 17.3 Å². The van der Waals surface area contributed by atoms with E-state index in [9.17, 15) is 4.79 Å². The molecule has 0 unspecified atom stereocenters. The molecule has 24 heavy (non-hydrogen) atoms. The van der Waals surface area contributed by atoms with Gasteiger partial charge in [0.05, 0.1) is 13.2 Å². The Labute approximate surface area is 146 Å². The third-order valence-electron chi connectivity index (χ3n) is 3.71. The number of hydrogen-bond acceptors (Lipinski definition) is 4. The van der Waals surface area contributed by atoms with Gasteiger partial charge in [0.2, 0.25) is 0 Å². The second-order valence-corrected chi connectivity index (χ2v) is 6.37. The first-order valence-corrected chi connectivity index (χ1v) is 8.38. The number of fused-ring (bicyclic) bond motifs is 2. The van der Waals surface area contributed by atoms with Crippen molar-refractivity contribution in [1.82, 2.24) is 0 Å². The van der Waals surface area contributed by atoms with E-state index in [4.69, 9.17) is 13.9 Å². The fourth-order valence-corrected chi connectivity index (χ4v) is 2.94.